The first-order chi connectivity index (χ1) is 8.99. The van der Waals surface area contributed by atoms with Gasteiger partial charge in [0, 0.05) is 22.8 Å². The molecule has 0 bridgehead atoms. The molecule has 0 fully saturated rings. The van der Waals surface area contributed by atoms with Crippen molar-refractivity contribution in [3.8, 4) is 0 Å². The predicted molar refractivity (Wildman–Crippen MR) is 75.6 cm³/mol. The first-order valence-corrected chi connectivity index (χ1v) is 6.44. The van der Waals surface area contributed by atoms with E-state index in [0.717, 1.165) is 0 Å². The van der Waals surface area contributed by atoms with E-state index in [0.29, 0.717) is 10.0 Å². The summed E-state index contributed by atoms with van der Waals surface area (Å²) >= 11 is 9.23. The van der Waals surface area contributed by atoms with Crippen LogP contribution in [0.4, 0.5) is 5.69 Å². The van der Waals surface area contributed by atoms with Crippen LogP contribution in [-0.2, 0) is 6.54 Å². The molecule has 2 aromatic rings. The molecule has 0 atom stereocenters. The van der Waals surface area contributed by atoms with E-state index in [-0.39, 0.29) is 22.8 Å². The summed E-state index contributed by atoms with van der Waals surface area (Å²) in [6.07, 6.45) is 1.56. The molecule has 0 aliphatic heterocycles. The molecule has 0 unspecified atom stereocenters. The van der Waals surface area contributed by atoms with Gasteiger partial charge in [-0.05, 0) is 28.1 Å². The van der Waals surface area contributed by atoms with Crippen molar-refractivity contribution in [2.24, 2.45) is 0 Å². The summed E-state index contributed by atoms with van der Waals surface area (Å²) in [6.45, 7) is 0.0499. The molecule has 0 spiro atoms. The van der Waals surface area contributed by atoms with Gasteiger partial charge >= 0.3 is 0 Å². The van der Waals surface area contributed by atoms with E-state index in [1.165, 1.54) is 22.8 Å². The summed E-state index contributed by atoms with van der Waals surface area (Å²) in [4.78, 5) is 22.2. The van der Waals surface area contributed by atoms with Gasteiger partial charge in [-0.15, -0.1) is 0 Å². The van der Waals surface area contributed by atoms with Crippen LogP contribution < -0.4 is 5.56 Å². The standard InChI is InChI=1S/C12H8BrClN2O3/c13-8-4-5-12(17)15(6-8)7-9-10(14)2-1-3-11(9)16(18)19/h1-6H,7H2. The van der Waals surface area contributed by atoms with Crippen molar-refractivity contribution >= 4 is 33.2 Å². The number of benzene rings is 1. The average molecular weight is 344 g/mol. The highest BCUT2D eigenvalue weighted by molar-refractivity contribution is 9.10. The lowest BCUT2D eigenvalue weighted by atomic mass is 10.1. The lowest BCUT2D eigenvalue weighted by Crippen LogP contribution is -2.19. The summed E-state index contributed by atoms with van der Waals surface area (Å²) in [5.74, 6) is 0. The Balaban J connectivity index is 2.52. The summed E-state index contributed by atoms with van der Waals surface area (Å²) in [5, 5.41) is 11.2. The highest BCUT2D eigenvalue weighted by Gasteiger charge is 2.17. The molecular weight excluding hydrogens is 336 g/mol. The second-order valence-electron chi connectivity index (χ2n) is 3.81. The molecule has 0 saturated heterocycles. The Labute approximate surface area is 121 Å². The second kappa shape index (κ2) is 5.54. The Bertz CT molecular complexity index is 700. The maximum absolute atomic E-state index is 11.7. The molecule has 0 N–H and O–H groups in total. The number of nitrogens with zero attached hydrogens (tertiary/aromatic N) is 2. The fourth-order valence-electron chi connectivity index (χ4n) is 1.67. The maximum Gasteiger partial charge on any atom is 0.275 e. The van der Waals surface area contributed by atoms with Gasteiger partial charge in [-0.1, -0.05) is 17.7 Å². The molecule has 0 saturated carbocycles. The summed E-state index contributed by atoms with van der Waals surface area (Å²) in [7, 11) is 0. The van der Waals surface area contributed by atoms with Gasteiger partial charge in [0.2, 0.25) is 0 Å². The maximum atomic E-state index is 11.7. The lowest BCUT2D eigenvalue weighted by Gasteiger charge is -2.08. The molecule has 1 heterocycles. The van der Waals surface area contributed by atoms with Gasteiger partial charge in [0.05, 0.1) is 22.1 Å². The van der Waals surface area contributed by atoms with Crippen molar-refractivity contribution in [2.45, 2.75) is 6.54 Å². The van der Waals surface area contributed by atoms with Crippen LogP contribution >= 0.6 is 27.5 Å². The van der Waals surface area contributed by atoms with Crippen LogP contribution in [-0.4, -0.2) is 9.49 Å². The van der Waals surface area contributed by atoms with Crippen molar-refractivity contribution in [1.29, 1.82) is 0 Å². The topological polar surface area (TPSA) is 65.1 Å². The molecule has 0 aliphatic carbocycles. The van der Waals surface area contributed by atoms with Crippen LogP contribution in [0.15, 0.2) is 45.8 Å². The van der Waals surface area contributed by atoms with Gasteiger partial charge in [-0.3, -0.25) is 14.9 Å². The van der Waals surface area contributed by atoms with Crippen LogP contribution in [0.2, 0.25) is 5.02 Å². The number of rotatable bonds is 3. The molecule has 5 nitrogen and oxygen atoms in total. The molecular formula is C12H8BrClN2O3. The zero-order chi connectivity index (χ0) is 14.0. The van der Waals surface area contributed by atoms with Crippen molar-refractivity contribution in [3.05, 3.63) is 72.1 Å². The third kappa shape index (κ3) is 3.02. The lowest BCUT2D eigenvalue weighted by molar-refractivity contribution is -0.385. The Kier molecular flexibility index (Phi) is 4.01. The minimum Gasteiger partial charge on any atom is -0.310 e. The third-order valence-corrected chi connectivity index (χ3v) is 3.39. The fourth-order valence-corrected chi connectivity index (χ4v) is 2.28. The predicted octanol–water partition coefficient (Wildman–Crippen LogP) is 3.22. The monoisotopic (exact) mass is 342 g/mol. The van der Waals surface area contributed by atoms with E-state index >= 15 is 0 Å². The zero-order valence-corrected chi connectivity index (χ0v) is 11.9. The van der Waals surface area contributed by atoms with Gasteiger partial charge in [0.1, 0.15) is 0 Å². The van der Waals surface area contributed by atoms with E-state index in [9.17, 15) is 14.9 Å². The summed E-state index contributed by atoms with van der Waals surface area (Å²) < 4.78 is 2.07. The number of hydrogen-bond acceptors (Lipinski definition) is 3. The van der Waals surface area contributed by atoms with Crippen molar-refractivity contribution in [1.82, 2.24) is 4.57 Å². The smallest absolute Gasteiger partial charge is 0.275 e. The van der Waals surface area contributed by atoms with Crippen LogP contribution in [0.1, 0.15) is 5.56 Å². The molecule has 0 aliphatic rings. The van der Waals surface area contributed by atoms with Crippen LogP contribution in [0.5, 0.6) is 0 Å². The average Bonchev–Trinajstić information content (AvgIpc) is 2.35. The van der Waals surface area contributed by atoms with Gasteiger partial charge in [0.25, 0.3) is 11.2 Å². The minimum absolute atomic E-state index is 0.0499. The second-order valence-corrected chi connectivity index (χ2v) is 5.13. The van der Waals surface area contributed by atoms with Gasteiger partial charge in [-0.2, -0.15) is 0 Å². The van der Waals surface area contributed by atoms with Crippen LogP contribution in [0.3, 0.4) is 0 Å². The van der Waals surface area contributed by atoms with Crippen molar-refractivity contribution in [3.63, 3.8) is 0 Å². The van der Waals surface area contributed by atoms with Gasteiger partial charge < -0.3 is 4.57 Å². The van der Waals surface area contributed by atoms with E-state index in [1.807, 2.05) is 0 Å². The molecule has 0 radical (unpaired) electrons. The zero-order valence-electron chi connectivity index (χ0n) is 9.55. The molecule has 7 heteroatoms. The first-order valence-electron chi connectivity index (χ1n) is 5.27. The Morgan fingerprint density at radius 1 is 1.32 bits per heavy atom. The highest BCUT2D eigenvalue weighted by atomic mass is 79.9. The molecule has 2 rings (SSSR count). The Morgan fingerprint density at radius 2 is 2.05 bits per heavy atom. The van der Waals surface area contributed by atoms with Crippen LogP contribution in [0.25, 0.3) is 0 Å². The van der Waals surface area contributed by atoms with Crippen molar-refractivity contribution < 1.29 is 4.92 Å². The minimum atomic E-state index is -0.510. The normalized spacial score (nSPS) is 10.4. The number of pyridine rings is 1. The van der Waals surface area contributed by atoms with E-state index in [2.05, 4.69) is 15.9 Å². The number of hydrogen-bond donors (Lipinski definition) is 0. The van der Waals surface area contributed by atoms with Gasteiger partial charge in [-0.25, -0.2) is 0 Å². The van der Waals surface area contributed by atoms with Crippen LogP contribution in [0, 0.1) is 10.1 Å². The number of aromatic nitrogens is 1. The number of nitro benzene ring substituents is 1. The molecule has 1 aromatic heterocycles. The first kappa shape index (κ1) is 13.8. The Hall–Kier alpha value is -1.66. The molecule has 98 valence electrons. The largest absolute Gasteiger partial charge is 0.310 e. The Morgan fingerprint density at radius 3 is 2.74 bits per heavy atom. The van der Waals surface area contributed by atoms with E-state index < -0.39 is 4.92 Å². The number of halogens is 2. The summed E-state index contributed by atoms with van der Waals surface area (Å²) in [5.41, 5.74) is -0.0360. The van der Waals surface area contributed by atoms with Crippen molar-refractivity contribution in [2.75, 3.05) is 0 Å². The van der Waals surface area contributed by atoms with E-state index in [4.69, 9.17) is 11.6 Å². The molecule has 1 aromatic carbocycles. The third-order valence-electron chi connectivity index (χ3n) is 2.57. The number of nitro groups is 1. The highest BCUT2D eigenvalue weighted by Crippen LogP contribution is 2.26. The quantitative estimate of drug-likeness (QED) is 0.635. The van der Waals surface area contributed by atoms with E-state index in [1.54, 1.807) is 18.3 Å². The summed E-state index contributed by atoms with van der Waals surface area (Å²) in [6, 6.07) is 7.43. The molecule has 19 heavy (non-hydrogen) atoms. The fraction of sp³-hybridized carbons (Fsp3) is 0.0833. The molecule has 0 amide bonds. The van der Waals surface area contributed by atoms with Gasteiger partial charge in [0.15, 0.2) is 0 Å². The SMILES string of the molecule is O=c1ccc(Br)cn1Cc1c(Cl)cccc1[N+](=O)[O-].